The summed E-state index contributed by atoms with van der Waals surface area (Å²) in [5.74, 6) is 0.248. The van der Waals surface area contributed by atoms with Crippen molar-refractivity contribution >= 4 is 23.6 Å². The Morgan fingerprint density at radius 3 is 2.41 bits per heavy atom. The number of fused-ring (bicyclic) bond motifs is 1. The molecule has 1 N–H and O–H groups in total. The summed E-state index contributed by atoms with van der Waals surface area (Å²) in [6.45, 7) is 0.504. The number of rotatable bonds is 4. The molecule has 0 bridgehead atoms. The van der Waals surface area contributed by atoms with E-state index in [1.807, 2.05) is 60.7 Å². The van der Waals surface area contributed by atoms with E-state index in [0.29, 0.717) is 23.5 Å². The average Bonchev–Trinajstić information content (AvgIpc) is 2.75. The van der Waals surface area contributed by atoms with Gasteiger partial charge >= 0.3 is 0 Å². The molecule has 0 saturated carbocycles. The molecular formula is C24H20N2O3. The normalized spacial score (nSPS) is 14.0. The van der Waals surface area contributed by atoms with Crippen molar-refractivity contribution in [1.82, 2.24) is 4.90 Å². The number of anilines is 1. The van der Waals surface area contributed by atoms with Crippen molar-refractivity contribution in [3.8, 4) is 5.75 Å². The molecule has 29 heavy (non-hydrogen) atoms. The molecule has 1 aliphatic rings. The molecule has 0 fully saturated rings. The van der Waals surface area contributed by atoms with Crippen molar-refractivity contribution in [2.75, 3.05) is 12.4 Å². The Hall–Kier alpha value is -3.86. The highest BCUT2D eigenvalue weighted by Crippen LogP contribution is 2.32. The van der Waals surface area contributed by atoms with Crippen molar-refractivity contribution in [3.63, 3.8) is 0 Å². The van der Waals surface area contributed by atoms with Gasteiger partial charge in [0.1, 0.15) is 0 Å². The van der Waals surface area contributed by atoms with Crippen LogP contribution >= 0.6 is 0 Å². The molecule has 1 heterocycles. The Morgan fingerprint density at radius 2 is 1.69 bits per heavy atom. The summed E-state index contributed by atoms with van der Waals surface area (Å²) in [5, 5.41) is 2.81. The minimum absolute atomic E-state index is 0.128. The van der Waals surface area contributed by atoms with Crippen molar-refractivity contribution in [3.05, 3.63) is 101 Å². The Bertz CT molecular complexity index is 1080. The van der Waals surface area contributed by atoms with Gasteiger partial charge in [-0.05, 0) is 35.4 Å². The second-order valence-corrected chi connectivity index (χ2v) is 6.83. The SMILES string of the molecule is CN(Cc1ccccc1)C(=O)c1ccc2c(c1)NC(=O)C(=Cc1ccccc1)O2. The van der Waals surface area contributed by atoms with Crippen LogP contribution in [0.25, 0.3) is 6.08 Å². The molecule has 2 amide bonds. The van der Waals surface area contributed by atoms with Crippen LogP contribution in [0.5, 0.6) is 5.75 Å². The molecule has 3 aromatic rings. The highest BCUT2D eigenvalue weighted by Gasteiger charge is 2.24. The van der Waals surface area contributed by atoms with E-state index in [1.54, 1.807) is 36.2 Å². The van der Waals surface area contributed by atoms with E-state index in [1.165, 1.54) is 0 Å². The lowest BCUT2D eigenvalue weighted by molar-refractivity contribution is -0.115. The van der Waals surface area contributed by atoms with E-state index >= 15 is 0 Å². The summed E-state index contributed by atoms with van der Waals surface area (Å²) in [4.78, 5) is 26.8. The van der Waals surface area contributed by atoms with Gasteiger partial charge in [0.15, 0.2) is 11.5 Å². The lowest BCUT2D eigenvalue weighted by Gasteiger charge is -2.22. The fourth-order valence-electron chi connectivity index (χ4n) is 3.14. The van der Waals surface area contributed by atoms with Crippen LogP contribution in [-0.4, -0.2) is 23.8 Å². The molecule has 3 aromatic carbocycles. The zero-order valence-corrected chi connectivity index (χ0v) is 16.0. The zero-order chi connectivity index (χ0) is 20.2. The van der Waals surface area contributed by atoms with E-state index in [4.69, 9.17) is 4.74 Å². The zero-order valence-electron chi connectivity index (χ0n) is 16.0. The van der Waals surface area contributed by atoms with Gasteiger partial charge in [-0.1, -0.05) is 60.7 Å². The molecule has 0 unspecified atom stereocenters. The third-order valence-corrected chi connectivity index (χ3v) is 4.63. The molecular weight excluding hydrogens is 364 g/mol. The van der Waals surface area contributed by atoms with Crippen LogP contribution in [-0.2, 0) is 11.3 Å². The number of nitrogens with one attached hydrogen (secondary N) is 1. The second kappa shape index (κ2) is 8.02. The molecule has 0 aromatic heterocycles. The van der Waals surface area contributed by atoms with Crippen molar-refractivity contribution < 1.29 is 14.3 Å². The van der Waals surface area contributed by atoms with Crippen molar-refractivity contribution in [2.24, 2.45) is 0 Å². The number of carbonyl (C=O) groups excluding carboxylic acids is 2. The standard InChI is InChI=1S/C24H20N2O3/c1-26(16-18-10-6-3-7-11-18)24(28)19-12-13-21-20(15-19)25-23(27)22(29-21)14-17-8-4-2-5-9-17/h2-15H,16H2,1H3,(H,25,27). The Balaban J connectivity index is 1.52. The molecule has 4 rings (SSSR count). The first kappa shape index (κ1) is 18.5. The Kier molecular flexibility index (Phi) is 5.12. The van der Waals surface area contributed by atoms with Crippen LogP contribution in [0.3, 0.4) is 0 Å². The topological polar surface area (TPSA) is 58.6 Å². The average molecular weight is 384 g/mol. The van der Waals surface area contributed by atoms with Gasteiger partial charge in [-0.3, -0.25) is 9.59 Å². The molecule has 0 saturated heterocycles. The van der Waals surface area contributed by atoms with Gasteiger partial charge in [0.05, 0.1) is 5.69 Å². The van der Waals surface area contributed by atoms with Crippen LogP contribution in [0, 0.1) is 0 Å². The molecule has 5 heteroatoms. The van der Waals surface area contributed by atoms with Crippen LogP contribution in [0.2, 0.25) is 0 Å². The van der Waals surface area contributed by atoms with Crippen LogP contribution in [0.4, 0.5) is 5.69 Å². The fraction of sp³-hybridized carbons (Fsp3) is 0.0833. The van der Waals surface area contributed by atoms with Gasteiger partial charge in [0, 0.05) is 19.2 Å². The van der Waals surface area contributed by atoms with Gasteiger partial charge in [-0.25, -0.2) is 0 Å². The monoisotopic (exact) mass is 384 g/mol. The van der Waals surface area contributed by atoms with Gasteiger partial charge in [-0.2, -0.15) is 0 Å². The minimum Gasteiger partial charge on any atom is -0.449 e. The predicted octanol–water partition coefficient (Wildman–Crippen LogP) is 4.33. The van der Waals surface area contributed by atoms with E-state index in [9.17, 15) is 9.59 Å². The number of carbonyl (C=O) groups is 2. The van der Waals surface area contributed by atoms with Crippen LogP contribution in [0.1, 0.15) is 21.5 Å². The predicted molar refractivity (Wildman–Crippen MR) is 112 cm³/mol. The summed E-state index contributed by atoms with van der Waals surface area (Å²) >= 11 is 0. The second-order valence-electron chi connectivity index (χ2n) is 6.83. The van der Waals surface area contributed by atoms with Crippen molar-refractivity contribution in [2.45, 2.75) is 6.54 Å². The quantitative estimate of drug-likeness (QED) is 0.681. The van der Waals surface area contributed by atoms with E-state index in [-0.39, 0.29) is 17.6 Å². The van der Waals surface area contributed by atoms with Crippen molar-refractivity contribution in [1.29, 1.82) is 0 Å². The summed E-state index contributed by atoms with van der Waals surface area (Å²) < 4.78 is 5.76. The molecule has 5 nitrogen and oxygen atoms in total. The smallest absolute Gasteiger partial charge is 0.291 e. The lowest BCUT2D eigenvalue weighted by atomic mass is 10.1. The van der Waals surface area contributed by atoms with Gasteiger partial charge in [0.2, 0.25) is 0 Å². The first-order chi connectivity index (χ1) is 14.1. The van der Waals surface area contributed by atoms with Gasteiger partial charge in [0.25, 0.3) is 11.8 Å². The van der Waals surface area contributed by atoms with Gasteiger partial charge in [-0.15, -0.1) is 0 Å². The maximum Gasteiger partial charge on any atom is 0.291 e. The molecule has 0 aliphatic carbocycles. The Labute approximate surface area is 169 Å². The molecule has 0 atom stereocenters. The summed E-state index contributed by atoms with van der Waals surface area (Å²) in [7, 11) is 1.75. The number of ether oxygens (including phenoxy) is 1. The first-order valence-electron chi connectivity index (χ1n) is 9.29. The largest absolute Gasteiger partial charge is 0.449 e. The molecule has 0 spiro atoms. The van der Waals surface area contributed by atoms with E-state index in [2.05, 4.69) is 5.32 Å². The number of nitrogens with zero attached hydrogens (tertiary/aromatic N) is 1. The maximum absolute atomic E-state index is 12.8. The minimum atomic E-state index is -0.344. The summed E-state index contributed by atoms with van der Waals surface area (Å²) in [6, 6.07) is 24.3. The number of benzene rings is 3. The van der Waals surface area contributed by atoms with E-state index in [0.717, 1.165) is 11.1 Å². The highest BCUT2D eigenvalue weighted by atomic mass is 16.5. The fourth-order valence-corrected chi connectivity index (χ4v) is 3.14. The number of hydrogen-bond donors (Lipinski definition) is 1. The van der Waals surface area contributed by atoms with Gasteiger partial charge < -0.3 is 15.0 Å². The first-order valence-corrected chi connectivity index (χ1v) is 9.29. The number of amides is 2. The number of hydrogen-bond acceptors (Lipinski definition) is 3. The molecule has 1 aliphatic heterocycles. The highest BCUT2D eigenvalue weighted by molar-refractivity contribution is 6.09. The Morgan fingerprint density at radius 1 is 1.00 bits per heavy atom. The third-order valence-electron chi connectivity index (χ3n) is 4.63. The maximum atomic E-state index is 12.8. The molecule has 0 radical (unpaired) electrons. The van der Waals surface area contributed by atoms with Crippen LogP contribution in [0.15, 0.2) is 84.6 Å². The third kappa shape index (κ3) is 4.19. The lowest BCUT2D eigenvalue weighted by Crippen LogP contribution is -2.27. The molecule has 144 valence electrons. The van der Waals surface area contributed by atoms with Crippen LogP contribution < -0.4 is 10.1 Å². The summed E-state index contributed by atoms with van der Waals surface area (Å²) in [6.07, 6.45) is 1.69. The van der Waals surface area contributed by atoms with E-state index < -0.39 is 0 Å². The summed E-state index contributed by atoms with van der Waals surface area (Å²) in [5.41, 5.74) is 2.89.